The van der Waals surface area contributed by atoms with Crippen LogP contribution in [-0.4, -0.2) is 45.8 Å². The zero-order chi connectivity index (χ0) is 21.2. The second kappa shape index (κ2) is 6.56. The van der Waals surface area contributed by atoms with Crippen molar-refractivity contribution in [1.82, 2.24) is 14.9 Å². The van der Waals surface area contributed by atoms with Crippen molar-refractivity contribution in [3.8, 4) is 5.69 Å². The third kappa shape index (κ3) is 2.67. The maximum Gasteiger partial charge on any atom is 0.341 e. The summed E-state index contributed by atoms with van der Waals surface area (Å²) < 4.78 is 44.3. The molecule has 2 saturated heterocycles. The highest BCUT2D eigenvalue weighted by molar-refractivity contribution is 5.92. The molecule has 0 spiro atoms. The van der Waals surface area contributed by atoms with Crippen molar-refractivity contribution in [3.05, 3.63) is 63.7 Å². The number of nitrogens with one attached hydrogen (secondary N) is 1. The first-order valence-corrected chi connectivity index (χ1v) is 9.28. The molecule has 2 aliphatic heterocycles. The Morgan fingerprint density at radius 1 is 1.23 bits per heavy atom. The van der Waals surface area contributed by atoms with E-state index in [1.54, 1.807) is 4.90 Å². The van der Waals surface area contributed by atoms with Crippen LogP contribution in [0.1, 0.15) is 16.8 Å². The molecule has 1 aromatic carbocycles. The van der Waals surface area contributed by atoms with Crippen LogP contribution in [-0.2, 0) is 0 Å². The quantitative estimate of drug-likeness (QED) is 0.680. The minimum absolute atomic E-state index is 0.00969. The summed E-state index contributed by atoms with van der Waals surface area (Å²) in [5.41, 5.74) is -2.14. The number of anilines is 1. The summed E-state index contributed by atoms with van der Waals surface area (Å²) >= 11 is 0. The average Bonchev–Trinajstić information content (AvgIpc) is 3.34. The molecule has 0 aliphatic carbocycles. The lowest BCUT2D eigenvalue weighted by atomic mass is 10.1. The Balaban J connectivity index is 1.82. The minimum atomic E-state index is -1.57. The lowest BCUT2D eigenvalue weighted by molar-refractivity contribution is 0.0695. The molecule has 2 atom stereocenters. The third-order valence-electron chi connectivity index (χ3n) is 5.66. The summed E-state index contributed by atoms with van der Waals surface area (Å²) in [4.78, 5) is 30.2. The van der Waals surface area contributed by atoms with Crippen LogP contribution >= 0.6 is 0 Å². The zero-order valence-electron chi connectivity index (χ0n) is 15.4. The Kier molecular flexibility index (Phi) is 4.07. The smallest absolute Gasteiger partial charge is 0.341 e. The standard InChI is InChI=1S/C20H15F3N4O3/c21-13-2-1-3-15(16(13)23)27-8-12(20(29)30)17(28)11-5-14(22)19(25-18(11)27)26-7-9-4-10(26)6-24-9/h1-3,5,8-10,24H,4,6-7H2,(H,29,30). The number of aromatic carboxylic acids is 1. The number of hydrogen-bond donors (Lipinski definition) is 2. The molecule has 3 aromatic rings. The van der Waals surface area contributed by atoms with Crippen LogP contribution in [0.25, 0.3) is 16.7 Å². The fourth-order valence-electron chi connectivity index (χ4n) is 4.25. The number of carboxylic acids is 1. The predicted octanol–water partition coefficient (Wildman–Crippen LogP) is 2.05. The van der Waals surface area contributed by atoms with Gasteiger partial charge in [-0.15, -0.1) is 0 Å². The van der Waals surface area contributed by atoms with Gasteiger partial charge in [0.25, 0.3) is 0 Å². The molecule has 0 saturated carbocycles. The number of pyridine rings is 2. The van der Waals surface area contributed by atoms with Crippen LogP contribution in [0.2, 0.25) is 0 Å². The van der Waals surface area contributed by atoms with E-state index < -0.39 is 34.4 Å². The van der Waals surface area contributed by atoms with Gasteiger partial charge in [-0.1, -0.05) is 6.07 Å². The molecule has 5 rings (SSSR count). The number of carbonyl (C=O) groups is 1. The molecule has 0 amide bonds. The Hall–Kier alpha value is -3.40. The number of piperazine rings is 1. The van der Waals surface area contributed by atoms with Gasteiger partial charge in [0.15, 0.2) is 28.9 Å². The van der Waals surface area contributed by atoms with E-state index in [4.69, 9.17) is 0 Å². The van der Waals surface area contributed by atoms with E-state index in [0.29, 0.717) is 13.1 Å². The van der Waals surface area contributed by atoms with Crippen molar-refractivity contribution in [2.24, 2.45) is 0 Å². The van der Waals surface area contributed by atoms with Crippen LogP contribution in [0.3, 0.4) is 0 Å². The SMILES string of the molecule is O=C(O)c1cn(-c2cccc(F)c2F)c2nc(N3CC4CC3CN4)c(F)cc2c1=O. The van der Waals surface area contributed by atoms with Crippen molar-refractivity contribution < 1.29 is 23.1 Å². The number of carboxylic acid groups (broad SMARTS) is 1. The molecule has 2 fully saturated rings. The van der Waals surface area contributed by atoms with Gasteiger partial charge in [-0.25, -0.2) is 22.9 Å². The molecule has 0 radical (unpaired) electrons. The van der Waals surface area contributed by atoms with E-state index in [1.165, 1.54) is 12.1 Å². The molecule has 2 aromatic heterocycles. The lowest BCUT2D eigenvalue weighted by Gasteiger charge is -2.29. The summed E-state index contributed by atoms with van der Waals surface area (Å²) in [6.45, 7) is 1.18. The molecule has 2 unspecified atom stereocenters. The highest BCUT2D eigenvalue weighted by Crippen LogP contribution is 2.32. The summed E-state index contributed by atoms with van der Waals surface area (Å²) in [5, 5.41) is 12.3. The van der Waals surface area contributed by atoms with Gasteiger partial charge < -0.3 is 15.3 Å². The first-order valence-electron chi connectivity index (χ1n) is 9.28. The molecule has 30 heavy (non-hydrogen) atoms. The maximum atomic E-state index is 14.9. The first-order chi connectivity index (χ1) is 14.3. The number of benzene rings is 1. The Labute approximate surface area is 167 Å². The molecule has 2 bridgehead atoms. The van der Waals surface area contributed by atoms with Crippen molar-refractivity contribution in [3.63, 3.8) is 0 Å². The Bertz CT molecular complexity index is 1280. The molecule has 10 heteroatoms. The van der Waals surface area contributed by atoms with Gasteiger partial charge in [0.1, 0.15) is 5.56 Å². The topological polar surface area (TPSA) is 87.5 Å². The van der Waals surface area contributed by atoms with Gasteiger partial charge in [0.2, 0.25) is 5.43 Å². The molecular formula is C20H15F3N4O3. The predicted molar refractivity (Wildman–Crippen MR) is 102 cm³/mol. The Morgan fingerprint density at radius 3 is 2.70 bits per heavy atom. The van der Waals surface area contributed by atoms with E-state index in [9.17, 15) is 27.9 Å². The average molecular weight is 416 g/mol. The van der Waals surface area contributed by atoms with Gasteiger partial charge in [0.05, 0.1) is 11.1 Å². The maximum absolute atomic E-state index is 14.9. The Morgan fingerprint density at radius 2 is 2.03 bits per heavy atom. The fraction of sp³-hybridized carbons (Fsp3) is 0.250. The number of hydrogen-bond acceptors (Lipinski definition) is 5. The molecule has 2 N–H and O–H groups in total. The fourth-order valence-corrected chi connectivity index (χ4v) is 4.25. The number of halogens is 3. The van der Waals surface area contributed by atoms with E-state index in [0.717, 1.165) is 29.3 Å². The molecule has 154 valence electrons. The van der Waals surface area contributed by atoms with E-state index in [1.807, 2.05) is 0 Å². The second-order valence-electron chi connectivity index (χ2n) is 7.43. The summed E-state index contributed by atoms with van der Waals surface area (Å²) in [7, 11) is 0. The van der Waals surface area contributed by atoms with E-state index in [-0.39, 0.29) is 34.6 Å². The van der Waals surface area contributed by atoms with Gasteiger partial charge in [-0.2, -0.15) is 0 Å². The van der Waals surface area contributed by atoms with Crippen LogP contribution < -0.4 is 15.6 Å². The minimum Gasteiger partial charge on any atom is -0.477 e. The van der Waals surface area contributed by atoms with E-state index >= 15 is 0 Å². The highest BCUT2D eigenvalue weighted by atomic mass is 19.2. The summed E-state index contributed by atoms with van der Waals surface area (Å²) in [6.07, 6.45) is 1.71. The number of nitrogens with zero attached hydrogens (tertiary/aromatic N) is 3. The number of rotatable bonds is 3. The monoisotopic (exact) mass is 416 g/mol. The second-order valence-corrected chi connectivity index (χ2v) is 7.43. The van der Waals surface area contributed by atoms with Crippen molar-refractivity contribution in [2.45, 2.75) is 18.5 Å². The van der Waals surface area contributed by atoms with Gasteiger partial charge >= 0.3 is 5.97 Å². The van der Waals surface area contributed by atoms with Gasteiger partial charge in [0, 0.05) is 31.4 Å². The largest absolute Gasteiger partial charge is 0.477 e. The summed E-state index contributed by atoms with van der Waals surface area (Å²) in [6, 6.07) is 4.52. The molecule has 4 heterocycles. The normalized spacial score (nSPS) is 20.3. The summed E-state index contributed by atoms with van der Waals surface area (Å²) in [5.74, 6) is -4.75. The molecule has 2 aliphatic rings. The number of aromatic nitrogens is 2. The van der Waals surface area contributed by atoms with Crippen LogP contribution in [0.5, 0.6) is 0 Å². The lowest BCUT2D eigenvalue weighted by Crippen LogP contribution is -2.44. The van der Waals surface area contributed by atoms with Crippen molar-refractivity contribution in [1.29, 1.82) is 0 Å². The van der Waals surface area contributed by atoms with Gasteiger partial charge in [-0.05, 0) is 24.6 Å². The zero-order valence-corrected chi connectivity index (χ0v) is 15.4. The third-order valence-corrected chi connectivity index (χ3v) is 5.66. The van der Waals surface area contributed by atoms with Crippen molar-refractivity contribution in [2.75, 3.05) is 18.0 Å². The van der Waals surface area contributed by atoms with E-state index in [2.05, 4.69) is 10.3 Å². The van der Waals surface area contributed by atoms with Crippen LogP contribution in [0.15, 0.2) is 35.3 Å². The first kappa shape index (κ1) is 18.6. The van der Waals surface area contributed by atoms with Crippen molar-refractivity contribution >= 4 is 22.8 Å². The van der Waals surface area contributed by atoms with Crippen LogP contribution in [0, 0.1) is 17.5 Å². The highest BCUT2D eigenvalue weighted by Gasteiger charge is 2.39. The molecular weight excluding hydrogens is 401 g/mol. The van der Waals surface area contributed by atoms with Gasteiger partial charge in [-0.3, -0.25) is 9.36 Å². The molecule has 7 nitrogen and oxygen atoms in total. The number of fused-ring (bicyclic) bond motifs is 3. The van der Waals surface area contributed by atoms with Crippen LogP contribution in [0.4, 0.5) is 19.0 Å².